The van der Waals surface area contributed by atoms with Crippen molar-refractivity contribution >= 4 is 6.03 Å². The van der Waals surface area contributed by atoms with Crippen molar-refractivity contribution in [1.82, 2.24) is 4.90 Å². The zero-order valence-corrected chi connectivity index (χ0v) is 9.28. The van der Waals surface area contributed by atoms with Crippen LogP contribution in [0.2, 0.25) is 0 Å². The molecule has 0 bridgehead atoms. The van der Waals surface area contributed by atoms with E-state index < -0.39 is 0 Å². The molecule has 0 saturated carbocycles. The number of primary amides is 1. The van der Waals surface area contributed by atoms with Crippen molar-refractivity contribution in [3.63, 3.8) is 0 Å². The van der Waals surface area contributed by atoms with Crippen LogP contribution in [0.5, 0.6) is 0 Å². The molecule has 1 saturated heterocycles. The van der Waals surface area contributed by atoms with Crippen LogP contribution in [-0.2, 0) is 12.8 Å². The first kappa shape index (κ1) is 9.70. The van der Waals surface area contributed by atoms with Crippen molar-refractivity contribution in [3.05, 3.63) is 35.4 Å². The number of benzene rings is 1. The zero-order valence-electron chi connectivity index (χ0n) is 9.28. The van der Waals surface area contributed by atoms with E-state index in [4.69, 9.17) is 5.73 Å². The maximum atomic E-state index is 11.2. The van der Waals surface area contributed by atoms with Crippen LogP contribution < -0.4 is 5.73 Å². The summed E-state index contributed by atoms with van der Waals surface area (Å²) in [5.74, 6) is 0. The van der Waals surface area contributed by atoms with Crippen LogP contribution in [0.25, 0.3) is 0 Å². The maximum absolute atomic E-state index is 11.2. The van der Waals surface area contributed by atoms with Crippen molar-refractivity contribution < 1.29 is 4.79 Å². The van der Waals surface area contributed by atoms with Gasteiger partial charge in [-0.15, -0.1) is 0 Å². The lowest BCUT2D eigenvalue weighted by molar-refractivity contribution is 0.210. The SMILES string of the molecule is NC(=O)N1CCC2(Cc3ccccc3C2)C1. The molecule has 1 aromatic carbocycles. The molecular formula is C13H16N2O. The summed E-state index contributed by atoms with van der Waals surface area (Å²) in [5.41, 5.74) is 8.52. The van der Waals surface area contributed by atoms with Crippen LogP contribution in [0.3, 0.4) is 0 Å². The van der Waals surface area contributed by atoms with Gasteiger partial charge in [-0.3, -0.25) is 0 Å². The lowest BCUT2D eigenvalue weighted by Gasteiger charge is -2.22. The molecule has 1 heterocycles. The lowest BCUT2D eigenvalue weighted by atomic mass is 9.84. The number of hydrogen-bond acceptors (Lipinski definition) is 1. The first-order valence-electron chi connectivity index (χ1n) is 5.80. The molecule has 3 rings (SSSR count). The Hall–Kier alpha value is -1.51. The van der Waals surface area contributed by atoms with E-state index in [0.29, 0.717) is 0 Å². The Kier molecular flexibility index (Phi) is 1.96. The normalized spacial score (nSPS) is 21.4. The molecule has 84 valence electrons. The van der Waals surface area contributed by atoms with Crippen molar-refractivity contribution in [1.29, 1.82) is 0 Å². The minimum absolute atomic E-state index is 0.271. The second kappa shape index (κ2) is 3.24. The highest BCUT2D eigenvalue weighted by Gasteiger charge is 2.43. The predicted octanol–water partition coefficient (Wildman–Crippen LogP) is 1.56. The van der Waals surface area contributed by atoms with Crippen LogP contribution in [-0.4, -0.2) is 24.0 Å². The number of carbonyl (C=O) groups excluding carboxylic acids is 1. The molecule has 16 heavy (non-hydrogen) atoms. The van der Waals surface area contributed by atoms with Gasteiger partial charge in [0, 0.05) is 13.1 Å². The Morgan fingerprint density at radius 1 is 1.25 bits per heavy atom. The summed E-state index contributed by atoms with van der Waals surface area (Å²) in [6.45, 7) is 1.65. The van der Waals surface area contributed by atoms with Gasteiger partial charge in [-0.1, -0.05) is 24.3 Å². The third-order valence-corrected chi connectivity index (χ3v) is 4.00. The molecule has 1 fully saturated rings. The van der Waals surface area contributed by atoms with Gasteiger partial charge in [0.05, 0.1) is 0 Å². The Morgan fingerprint density at radius 3 is 2.38 bits per heavy atom. The largest absolute Gasteiger partial charge is 0.351 e. The van der Waals surface area contributed by atoms with Gasteiger partial charge in [0.25, 0.3) is 0 Å². The number of hydrogen-bond donors (Lipinski definition) is 1. The lowest BCUT2D eigenvalue weighted by Crippen LogP contribution is -2.36. The van der Waals surface area contributed by atoms with E-state index in [0.717, 1.165) is 32.4 Å². The van der Waals surface area contributed by atoms with Gasteiger partial charge in [0.2, 0.25) is 0 Å². The molecule has 2 N–H and O–H groups in total. The van der Waals surface area contributed by atoms with Gasteiger partial charge in [-0.25, -0.2) is 4.79 Å². The summed E-state index contributed by atoms with van der Waals surface area (Å²) >= 11 is 0. The second-order valence-corrected chi connectivity index (χ2v) is 5.13. The first-order chi connectivity index (χ1) is 7.69. The van der Waals surface area contributed by atoms with E-state index in [1.54, 1.807) is 4.90 Å². The molecular weight excluding hydrogens is 200 g/mol. The number of rotatable bonds is 0. The summed E-state index contributed by atoms with van der Waals surface area (Å²) in [6.07, 6.45) is 3.30. The Morgan fingerprint density at radius 2 is 1.88 bits per heavy atom. The third-order valence-electron chi connectivity index (χ3n) is 4.00. The number of nitrogens with zero attached hydrogens (tertiary/aromatic N) is 1. The molecule has 0 atom stereocenters. The minimum atomic E-state index is -0.271. The Bertz CT molecular complexity index is 416. The van der Waals surface area contributed by atoms with Gasteiger partial charge in [0.1, 0.15) is 0 Å². The average Bonchev–Trinajstić information content (AvgIpc) is 2.82. The van der Waals surface area contributed by atoms with Crippen LogP contribution >= 0.6 is 0 Å². The highest BCUT2D eigenvalue weighted by atomic mass is 16.2. The van der Waals surface area contributed by atoms with E-state index >= 15 is 0 Å². The molecule has 0 aromatic heterocycles. The smallest absolute Gasteiger partial charge is 0.314 e. The number of urea groups is 1. The number of amides is 2. The molecule has 3 heteroatoms. The number of nitrogens with two attached hydrogens (primary N) is 1. The molecule has 1 spiro atoms. The topological polar surface area (TPSA) is 46.3 Å². The Labute approximate surface area is 95.2 Å². The predicted molar refractivity (Wildman–Crippen MR) is 62.1 cm³/mol. The molecule has 0 radical (unpaired) electrons. The standard InChI is InChI=1S/C13H16N2O/c14-12(16)15-6-5-13(9-15)7-10-3-1-2-4-11(10)8-13/h1-4H,5-9H2,(H2,14,16). The maximum Gasteiger partial charge on any atom is 0.314 e. The van der Waals surface area contributed by atoms with Gasteiger partial charge in [-0.05, 0) is 35.8 Å². The third kappa shape index (κ3) is 1.39. The van der Waals surface area contributed by atoms with Crippen molar-refractivity contribution in [2.75, 3.05) is 13.1 Å². The fourth-order valence-electron chi connectivity index (χ4n) is 3.18. The highest BCUT2D eigenvalue weighted by molar-refractivity contribution is 5.72. The molecule has 1 aliphatic heterocycles. The second-order valence-electron chi connectivity index (χ2n) is 5.13. The van der Waals surface area contributed by atoms with Crippen LogP contribution in [0.1, 0.15) is 17.5 Å². The van der Waals surface area contributed by atoms with Crippen molar-refractivity contribution in [2.45, 2.75) is 19.3 Å². The van der Waals surface area contributed by atoms with Crippen LogP contribution in [0.4, 0.5) is 4.79 Å². The van der Waals surface area contributed by atoms with Gasteiger partial charge < -0.3 is 10.6 Å². The van der Waals surface area contributed by atoms with E-state index in [1.165, 1.54) is 11.1 Å². The zero-order chi connectivity index (χ0) is 11.2. The van der Waals surface area contributed by atoms with Gasteiger partial charge in [0.15, 0.2) is 0 Å². The number of fused-ring (bicyclic) bond motifs is 1. The molecule has 1 aliphatic carbocycles. The minimum Gasteiger partial charge on any atom is -0.351 e. The molecule has 3 nitrogen and oxygen atoms in total. The molecule has 2 amide bonds. The molecule has 2 aliphatic rings. The Balaban J connectivity index is 1.83. The van der Waals surface area contributed by atoms with E-state index in [1.807, 2.05) is 0 Å². The monoisotopic (exact) mass is 216 g/mol. The van der Waals surface area contributed by atoms with E-state index in [-0.39, 0.29) is 11.4 Å². The van der Waals surface area contributed by atoms with E-state index in [2.05, 4.69) is 24.3 Å². The van der Waals surface area contributed by atoms with Crippen molar-refractivity contribution in [3.8, 4) is 0 Å². The van der Waals surface area contributed by atoms with Crippen molar-refractivity contribution in [2.24, 2.45) is 11.1 Å². The first-order valence-corrected chi connectivity index (χ1v) is 5.80. The van der Waals surface area contributed by atoms with Gasteiger partial charge in [-0.2, -0.15) is 0 Å². The fraction of sp³-hybridized carbons (Fsp3) is 0.462. The highest BCUT2D eigenvalue weighted by Crippen LogP contribution is 2.43. The summed E-state index contributed by atoms with van der Waals surface area (Å²) in [7, 11) is 0. The van der Waals surface area contributed by atoms with Gasteiger partial charge >= 0.3 is 6.03 Å². The van der Waals surface area contributed by atoms with Crippen LogP contribution in [0.15, 0.2) is 24.3 Å². The summed E-state index contributed by atoms with van der Waals surface area (Å²) < 4.78 is 0. The fourth-order valence-corrected chi connectivity index (χ4v) is 3.18. The van der Waals surface area contributed by atoms with Crippen LogP contribution in [0, 0.1) is 5.41 Å². The van der Waals surface area contributed by atoms with E-state index in [9.17, 15) is 4.79 Å². The number of carbonyl (C=O) groups is 1. The molecule has 0 unspecified atom stereocenters. The summed E-state index contributed by atoms with van der Waals surface area (Å²) in [6, 6.07) is 8.33. The summed E-state index contributed by atoms with van der Waals surface area (Å²) in [4.78, 5) is 12.9. The average molecular weight is 216 g/mol. The molecule has 1 aromatic rings. The summed E-state index contributed by atoms with van der Waals surface area (Å²) in [5, 5.41) is 0. The quantitative estimate of drug-likeness (QED) is 0.702. The number of likely N-dealkylation sites (tertiary alicyclic amines) is 1.